The first-order chi connectivity index (χ1) is 13.1. The topological polar surface area (TPSA) is 101 Å². The second-order valence-corrected chi connectivity index (χ2v) is 6.17. The number of carbonyl (C=O) groups is 3. The van der Waals surface area contributed by atoms with E-state index in [4.69, 9.17) is 9.15 Å². The fourth-order valence-corrected chi connectivity index (χ4v) is 2.79. The molecule has 1 fully saturated rings. The van der Waals surface area contributed by atoms with Gasteiger partial charge in [-0.3, -0.25) is 14.5 Å². The number of ether oxygens (including phenoxy) is 1. The lowest BCUT2D eigenvalue weighted by Gasteiger charge is -2.11. The number of rotatable bonds is 8. The maximum Gasteiger partial charge on any atom is 0.325 e. The number of benzene rings is 1. The second kappa shape index (κ2) is 8.39. The summed E-state index contributed by atoms with van der Waals surface area (Å²) in [6, 6.07) is 9.60. The van der Waals surface area contributed by atoms with Gasteiger partial charge in [0.05, 0.1) is 19.9 Å². The van der Waals surface area contributed by atoms with Gasteiger partial charge >= 0.3 is 6.03 Å². The van der Waals surface area contributed by atoms with Gasteiger partial charge in [0.15, 0.2) is 0 Å². The Morgan fingerprint density at radius 2 is 2.04 bits per heavy atom. The summed E-state index contributed by atoms with van der Waals surface area (Å²) in [4.78, 5) is 37.5. The highest BCUT2D eigenvalue weighted by atomic mass is 16.5. The summed E-state index contributed by atoms with van der Waals surface area (Å²) in [6.45, 7) is 0.469. The summed E-state index contributed by atoms with van der Waals surface area (Å²) in [5.74, 6) is 0.743. The van der Waals surface area contributed by atoms with Crippen LogP contribution in [0, 0.1) is 0 Å². The van der Waals surface area contributed by atoms with E-state index < -0.39 is 12.1 Å². The molecular weight excluding hydrogens is 350 g/mol. The summed E-state index contributed by atoms with van der Waals surface area (Å²) >= 11 is 0. The molecular formula is C19H21N3O5. The first kappa shape index (κ1) is 18.5. The molecule has 0 saturated carbocycles. The molecule has 0 spiro atoms. The van der Waals surface area contributed by atoms with Gasteiger partial charge in [0.1, 0.15) is 17.6 Å². The van der Waals surface area contributed by atoms with Gasteiger partial charge in [-0.1, -0.05) is 12.1 Å². The fraction of sp³-hybridized carbons (Fsp3) is 0.316. The number of methoxy groups -OCH3 is 1. The Labute approximate surface area is 156 Å². The third-order valence-electron chi connectivity index (χ3n) is 4.31. The van der Waals surface area contributed by atoms with Crippen LogP contribution in [0.15, 0.2) is 47.1 Å². The minimum absolute atomic E-state index is 0.0812. The molecule has 2 heterocycles. The zero-order valence-corrected chi connectivity index (χ0v) is 14.9. The first-order valence-electron chi connectivity index (χ1n) is 8.60. The first-order valence-corrected chi connectivity index (χ1v) is 8.60. The molecule has 4 amide bonds. The average Bonchev–Trinajstić information content (AvgIpc) is 3.29. The third-order valence-corrected chi connectivity index (χ3v) is 4.31. The lowest BCUT2D eigenvalue weighted by Crippen LogP contribution is -2.32. The van der Waals surface area contributed by atoms with E-state index in [0.717, 1.165) is 16.2 Å². The lowest BCUT2D eigenvalue weighted by atomic mass is 10.1. The third kappa shape index (κ3) is 4.66. The van der Waals surface area contributed by atoms with Crippen LogP contribution >= 0.6 is 0 Å². The molecule has 0 bridgehead atoms. The molecule has 1 aromatic carbocycles. The van der Waals surface area contributed by atoms with Crippen molar-refractivity contribution in [1.82, 2.24) is 15.5 Å². The van der Waals surface area contributed by atoms with Crippen molar-refractivity contribution in [3.8, 4) is 5.75 Å². The molecule has 0 aliphatic carbocycles. The van der Waals surface area contributed by atoms with Crippen LogP contribution in [0.5, 0.6) is 5.75 Å². The fourth-order valence-electron chi connectivity index (χ4n) is 2.79. The van der Waals surface area contributed by atoms with Gasteiger partial charge in [0.25, 0.3) is 5.91 Å². The number of amides is 4. The predicted molar refractivity (Wildman–Crippen MR) is 95.7 cm³/mol. The minimum atomic E-state index is -0.695. The normalized spacial score (nSPS) is 16.3. The van der Waals surface area contributed by atoms with Gasteiger partial charge in [-0.05, 0) is 36.2 Å². The van der Waals surface area contributed by atoms with Crippen LogP contribution in [0.25, 0.3) is 0 Å². The molecule has 2 N–H and O–H groups in total. The minimum Gasteiger partial charge on any atom is -0.497 e. The Morgan fingerprint density at radius 3 is 2.70 bits per heavy atom. The number of hydrogen-bond acceptors (Lipinski definition) is 5. The van der Waals surface area contributed by atoms with Crippen molar-refractivity contribution >= 4 is 17.8 Å². The van der Waals surface area contributed by atoms with E-state index in [1.54, 1.807) is 19.2 Å². The van der Waals surface area contributed by atoms with Crippen LogP contribution in [-0.4, -0.2) is 35.9 Å². The summed E-state index contributed by atoms with van der Waals surface area (Å²) in [5, 5.41) is 5.41. The number of carbonyl (C=O) groups excluding carboxylic acids is 3. The monoisotopic (exact) mass is 371 g/mol. The largest absolute Gasteiger partial charge is 0.497 e. The van der Waals surface area contributed by atoms with Gasteiger partial charge in [-0.2, -0.15) is 0 Å². The maximum absolute atomic E-state index is 12.4. The van der Waals surface area contributed by atoms with E-state index in [1.807, 2.05) is 24.3 Å². The van der Waals surface area contributed by atoms with E-state index in [2.05, 4.69) is 10.6 Å². The Kier molecular flexibility index (Phi) is 5.75. The summed E-state index contributed by atoms with van der Waals surface area (Å²) in [5.41, 5.74) is 0.944. The number of furan rings is 1. The van der Waals surface area contributed by atoms with Crippen molar-refractivity contribution in [3.05, 3.63) is 54.0 Å². The van der Waals surface area contributed by atoms with Crippen LogP contribution in [0.4, 0.5) is 4.79 Å². The number of nitrogens with one attached hydrogen (secondary N) is 2. The molecule has 27 heavy (non-hydrogen) atoms. The highest BCUT2D eigenvalue weighted by molar-refractivity contribution is 6.04. The number of imide groups is 1. The number of hydrogen-bond donors (Lipinski definition) is 2. The van der Waals surface area contributed by atoms with Gasteiger partial charge < -0.3 is 19.8 Å². The maximum atomic E-state index is 12.4. The van der Waals surface area contributed by atoms with Crippen LogP contribution in [0.2, 0.25) is 0 Å². The zero-order valence-electron chi connectivity index (χ0n) is 14.9. The Morgan fingerprint density at radius 1 is 1.26 bits per heavy atom. The molecule has 1 aliphatic rings. The van der Waals surface area contributed by atoms with Gasteiger partial charge in [-0.25, -0.2) is 4.79 Å². The molecule has 8 nitrogen and oxygen atoms in total. The SMILES string of the molecule is COc1ccc(CNC(=O)CC[C@@H]2NC(=O)N(Cc3ccco3)C2=O)cc1. The summed E-state index contributed by atoms with van der Waals surface area (Å²) in [6.07, 6.45) is 1.87. The van der Waals surface area contributed by atoms with E-state index in [0.29, 0.717) is 12.3 Å². The van der Waals surface area contributed by atoms with E-state index >= 15 is 0 Å². The summed E-state index contributed by atoms with van der Waals surface area (Å²) in [7, 11) is 1.59. The van der Waals surface area contributed by atoms with Crippen LogP contribution in [0.1, 0.15) is 24.2 Å². The van der Waals surface area contributed by atoms with Gasteiger partial charge in [0.2, 0.25) is 5.91 Å². The number of urea groups is 1. The number of nitrogens with zero attached hydrogens (tertiary/aromatic N) is 1. The molecule has 1 saturated heterocycles. The molecule has 0 unspecified atom stereocenters. The highest BCUT2D eigenvalue weighted by Crippen LogP contribution is 2.15. The van der Waals surface area contributed by atoms with Gasteiger partial charge in [-0.15, -0.1) is 0 Å². The lowest BCUT2D eigenvalue weighted by molar-refractivity contribution is -0.128. The molecule has 2 aromatic rings. The Bertz CT molecular complexity index is 801. The van der Waals surface area contributed by atoms with Gasteiger partial charge in [0, 0.05) is 13.0 Å². The van der Waals surface area contributed by atoms with Crippen LogP contribution < -0.4 is 15.4 Å². The quantitative estimate of drug-likeness (QED) is 0.689. The van der Waals surface area contributed by atoms with Crippen molar-refractivity contribution in [2.45, 2.75) is 32.0 Å². The van der Waals surface area contributed by atoms with Crippen molar-refractivity contribution in [2.24, 2.45) is 0 Å². The Hall–Kier alpha value is -3.29. The molecule has 8 heteroatoms. The van der Waals surface area contributed by atoms with Crippen molar-refractivity contribution in [3.63, 3.8) is 0 Å². The smallest absolute Gasteiger partial charge is 0.325 e. The van der Waals surface area contributed by atoms with Crippen molar-refractivity contribution in [2.75, 3.05) is 7.11 Å². The van der Waals surface area contributed by atoms with Crippen LogP contribution in [0.3, 0.4) is 0 Å². The molecule has 1 aromatic heterocycles. The average molecular weight is 371 g/mol. The van der Waals surface area contributed by atoms with E-state index in [9.17, 15) is 14.4 Å². The molecule has 142 valence electrons. The highest BCUT2D eigenvalue weighted by Gasteiger charge is 2.38. The predicted octanol–water partition coefficient (Wildman–Crippen LogP) is 1.81. The van der Waals surface area contributed by atoms with E-state index in [-0.39, 0.29) is 31.2 Å². The van der Waals surface area contributed by atoms with E-state index in [1.165, 1.54) is 6.26 Å². The second-order valence-electron chi connectivity index (χ2n) is 6.17. The molecule has 1 atom stereocenters. The standard InChI is InChI=1S/C19H21N3O5/c1-26-14-6-4-13(5-7-14)11-20-17(23)9-8-16-18(24)22(19(25)21-16)12-15-3-2-10-27-15/h2-7,10,16H,8-9,11-12H2,1H3,(H,20,23)(H,21,25)/t16-/m0/s1. The summed E-state index contributed by atoms with van der Waals surface area (Å²) < 4.78 is 10.3. The molecule has 0 radical (unpaired) electrons. The van der Waals surface area contributed by atoms with Crippen LogP contribution in [-0.2, 0) is 22.7 Å². The Balaban J connectivity index is 1.44. The molecule has 1 aliphatic heterocycles. The zero-order chi connectivity index (χ0) is 19.2. The van der Waals surface area contributed by atoms with Crippen molar-refractivity contribution in [1.29, 1.82) is 0 Å². The molecule has 3 rings (SSSR count). The van der Waals surface area contributed by atoms with Crippen molar-refractivity contribution < 1.29 is 23.5 Å².